The second kappa shape index (κ2) is 8.14. The lowest BCUT2D eigenvalue weighted by molar-refractivity contribution is 0.501. The van der Waals surface area contributed by atoms with Crippen LogP contribution in [0.3, 0.4) is 0 Å². The maximum absolute atomic E-state index is 12.1. The van der Waals surface area contributed by atoms with Crippen LogP contribution in [0.5, 0.6) is 0 Å². The summed E-state index contributed by atoms with van der Waals surface area (Å²) in [7, 11) is -1.79. The Kier molecular flexibility index (Phi) is 6.20. The number of nitrogens with one attached hydrogen (secondary N) is 3. The Labute approximate surface area is 139 Å². The molecule has 0 amide bonds. The summed E-state index contributed by atoms with van der Waals surface area (Å²) < 4.78 is 32.2. The zero-order chi connectivity index (χ0) is 16.7. The zero-order valence-electron chi connectivity index (χ0n) is 13.0. The second-order valence-electron chi connectivity index (χ2n) is 4.69. The molecule has 23 heavy (non-hydrogen) atoms. The van der Waals surface area contributed by atoms with Crippen LogP contribution in [0.2, 0.25) is 0 Å². The maximum atomic E-state index is 12.1. The van der Waals surface area contributed by atoms with Crippen molar-refractivity contribution in [3.8, 4) is 0 Å². The van der Waals surface area contributed by atoms with Gasteiger partial charge in [0.1, 0.15) is 9.97 Å². The van der Waals surface area contributed by atoms with E-state index >= 15 is 0 Å². The highest BCUT2D eigenvalue weighted by molar-refractivity contribution is 7.91. The van der Waals surface area contributed by atoms with Gasteiger partial charge >= 0.3 is 0 Å². The monoisotopic (exact) mass is 356 g/mol. The van der Waals surface area contributed by atoms with Gasteiger partial charge in [-0.3, -0.25) is 4.99 Å². The number of aryl methyl sites for hydroxylation is 1. The maximum Gasteiger partial charge on any atom is 0.250 e. The molecule has 2 aromatic heterocycles. The number of furan rings is 1. The van der Waals surface area contributed by atoms with Crippen molar-refractivity contribution >= 4 is 27.3 Å². The van der Waals surface area contributed by atoms with E-state index in [-0.39, 0.29) is 6.54 Å². The van der Waals surface area contributed by atoms with Crippen LogP contribution in [-0.4, -0.2) is 34.5 Å². The number of nitrogens with zero attached hydrogens (tertiary/aromatic N) is 1. The molecule has 0 spiro atoms. The minimum Gasteiger partial charge on any atom is -0.467 e. The van der Waals surface area contributed by atoms with Crippen molar-refractivity contribution in [3.63, 3.8) is 0 Å². The molecule has 126 valence electrons. The molecule has 2 aromatic rings. The van der Waals surface area contributed by atoms with E-state index in [0.29, 0.717) is 23.3 Å². The summed E-state index contributed by atoms with van der Waals surface area (Å²) in [6, 6.07) is 7.07. The number of rotatable bonds is 7. The highest BCUT2D eigenvalue weighted by atomic mass is 32.2. The predicted octanol–water partition coefficient (Wildman–Crippen LogP) is 1.29. The Hall–Kier alpha value is -1.84. The van der Waals surface area contributed by atoms with Crippen molar-refractivity contribution in [3.05, 3.63) is 41.2 Å². The van der Waals surface area contributed by atoms with Gasteiger partial charge in [-0.15, -0.1) is 11.3 Å². The van der Waals surface area contributed by atoms with E-state index in [9.17, 15) is 8.42 Å². The Balaban J connectivity index is 1.73. The molecule has 0 fully saturated rings. The van der Waals surface area contributed by atoms with Crippen LogP contribution >= 0.6 is 11.3 Å². The number of guanidine groups is 1. The molecule has 0 bridgehead atoms. The molecule has 0 atom stereocenters. The van der Waals surface area contributed by atoms with Crippen LogP contribution in [0.25, 0.3) is 0 Å². The predicted molar refractivity (Wildman–Crippen MR) is 91.2 cm³/mol. The molecule has 0 aliphatic carbocycles. The summed E-state index contributed by atoms with van der Waals surface area (Å²) >= 11 is 1.25. The van der Waals surface area contributed by atoms with Gasteiger partial charge < -0.3 is 15.1 Å². The molecule has 3 N–H and O–H groups in total. The normalized spacial score (nSPS) is 12.3. The highest BCUT2D eigenvalue weighted by Gasteiger charge is 2.15. The number of hydrogen-bond acceptors (Lipinski definition) is 5. The van der Waals surface area contributed by atoms with Crippen molar-refractivity contribution in [1.82, 2.24) is 15.4 Å². The Morgan fingerprint density at radius 1 is 1.26 bits per heavy atom. The van der Waals surface area contributed by atoms with E-state index in [2.05, 4.69) is 20.3 Å². The molecule has 0 saturated carbocycles. The van der Waals surface area contributed by atoms with E-state index < -0.39 is 10.0 Å². The Morgan fingerprint density at radius 3 is 2.70 bits per heavy atom. The van der Waals surface area contributed by atoms with Gasteiger partial charge in [0, 0.05) is 25.0 Å². The van der Waals surface area contributed by atoms with E-state index in [1.165, 1.54) is 11.3 Å². The molecule has 0 aromatic carbocycles. The first kappa shape index (κ1) is 17.5. The lowest BCUT2D eigenvalue weighted by Gasteiger charge is -2.11. The van der Waals surface area contributed by atoms with Crippen LogP contribution < -0.4 is 15.4 Å². The first-order chi connectivity index (χ1) is 11.0. The van der Waals surface area contributed by atoms with Crippen molar-refractivity contribution in [2.24, 2.45) is 4.99 Å². The number of aliphatic imine (C=N–C) groups is 1. The fourth-order valence-electron chi connectivity index (χ4n) is 1.80. The SMILES string of the molecule is CN=C(NCCNS(=O)(=O)c1ccc(C)s1)NCc1ccco1. The molecule has 0 unspecified atom stereocenters. The van der Waals surface area contributed by atoms with Crippen molar-refractivity contribution in [1.29, 1.82) is 0 Å². The third kappa shape index (κ3) is 5.38. The van der Waals surface area contributed by atoms with E-state index in [0.717, 1.165) is 10.6 Å². The fraction of sp³-hybridized carbons (Fsp3) is 0.357. The molecule has 0 saturated heterocycles. The van der Waals surface area contributed by atoms with Gasteiger partial charge in [-0.2, -0.15) is 0 Å². The molecule has 7 nitrogen and oxygen atoms in total. The van der Waals surface area contributed by atoms with Crippen LogP contribution in [0.15, 0.2) is 44.1 Å². The largest absolute Gasteiger partial charge is 0.467 e. The number of hydrogen-bond donors (Lipinski definition) is 3. The molecule has 9 heteroatoms. The van der Waals surface area contributed by atoms with Gasteiger partial charge in [-0.25, -0.2) is 13.1 Å². The second-order valence-corrected chi connectivity index (χ2v) is 7.98. The molecular weight excluding hydrogens is 336 g/mol. The molecule has 2 heterocycles. The fourth-order valence-corrected chi connectivity index (χ4v) is 4.16. The van der Waals surface area contributed by atoms with E-state index in [4.69, 9.17) is 4.42 Å². The van der Waals surface area contributed by atoms with Gasteiger partial charge in [0.25, 0.3) is 0 Å². The van der Waals surface area contributed by atoms with E-state index in [1.807, 2.05) is 19.1 Å². The van der Waals surface area contributed by atoms with Crippen LogP contribution in [0.1, 0.15) is 10.6 Å². The minimum absolute atomic E-state index is 0.265. The first-order valence-corrected chi connectivity index (χ1v) is 9.34. The average molecular weight is 356 g/mol. The van der Waals surface area contributed by atoms with Gasteiger partial charge in [0.05, 0.1) is 12.8 Å². The average Bonchev–Trinajstić information content (AvgIpc) is 3.18. The van der Waals surface area contributed by atoms with Gasteiger partial charge in [-0.05, 0) is 31.2 Å². The van der Waals surface area contributed by atoms with Gasteiger partial charge in [-0.1, -0.05) is 0 Å². The van der Waals surface area contributed by atoms with Crippen molar-refractivity contribution in [2.75, 3.05) is 20.1 Å². The molecule has 2 rings (SSSR count). The van der Waals surface area contributed by atoms with Crippen LogP contribution in [0.4, 0.5) is 0 Å². The summed E-state index contributed by atoms with van der Waals surface area (Å²) in [5, 5.41) is 6.11. The number of sulfonamides is 1. The smallest absolute Gasteiger partial charge is 0.250 e. The molecule has 0 aliphatic rings. The Morgan fingerprint density at radius 2 is 2.09 bits per heavy atom. The first-order valence-electron chi connectivity index (χ1n) is 7.04. The topological polar surface area (TPSA) is 95.7 Å². The summed E-state index contributed by atoms with van der Waals surface area (Å²) in [4.78, 5) is 5.02. The summed E-state index contributed by atoms with van der Waals surface area (Å²) in [6.07, 6.45) is 1.61. The molecule has 0 radical (unpaired) electrons. The third-order valence-corrected chi connectivity index (χ3v) is 5.88. The van der Waals surface area contributed by atoms with Crippen molar-refractivity contribution in [2.45, 2.75) is 17.7 Å². The van der Waals surface area contributed by atoms with Crippen molar-refractivity contribution < 1.29 is 12.8 Å². The standard InChI is InChI=1S/C14H20N4O3S2/c1-11-5-6-13(22-11)23(19,20)18-8-7-16-14(15-2)17-10-12-4-3-9-21-12/h3-6,9,18H,7-8,10H2,1-2H3,(H2,15,16,17). The summed E-state index contributed by atoms with van der Waals surface area (Å²) in [5.74, 6) is 1.37. The third-order valence-electron chi connectivity index (χ3n) is 2.92. The lowest BCUT2D eigenvalue weighted by Crippen LogP contribution is -2.41. The summed E-state index contributed by atoms with van der Waals surface area (Å²) in [5.41, 5.74) is 0. The zero-order valence-corrected chi connectivity index (χ0v) is 14.6. The highest BCUT2D eigenvalue weighted by Crippen LogP contribution is 2.19. The lowest BCUT2D eigenvalue weighted by atomic mass is 10.4. The van der Waals surface area contributed by atoms with Gasteiger partial charge in [0.2, 0.25) is 10.0 Å². The van der Waals surface area contributed by atoms with Crippen LogP contribution in [-0.2, 0) is 16.6 Å². The minimum atomic E-state index is -3.44. The Bertz CT molecular complexity index is 736. The quantitative estimate of drug-likeness (QED) is 0.395. The molecular formula is C14H20N4O3S2. The van der Waals surface area contributed by atoms with E-state index in [1.54, 1.807) is 25.4 Å². The van der Waals surface area contributed by atoms with Gasteiger partial charge in [0.15, 0.2) is 5.96 Å². The number of thiophene rings is 1. The van der Waals surface area contributed by atoms with Crippen LogP contribution in [0, 0.1) is 6.92 Å². The summed E-state index contributed by atoms with van der Waals surface area (Å²) in [6.45, 7) is 3.06. The molecule has 0 aliphatic heterocycles.